The first kappa shape index (κ1) is 22.1. The first-order valence-electron chi connectivity index (χ1n) is 12.0. The van der Waals surface area contributed by atoms with Crippen LogP contribution in [0.2, 0.25) is 0 Å². The molecule has 1 heterocycles. The first-order valence-corrected chi connectivity index (χ1v) is 12.0. The van der Waals surface area contributed by atoms with E-state index in [0.29, 0.717) is 11.4 Å². The van der Waals surface area contributed by atoms with Crippen molar-refractivity contribution in [3.8, 4) is 11.4 Å². The molecule has 2 fully saturated rings. The molecule has 0 amide bonds. The summed E-state index contributed by atoms with van der Waals surface area (Å²) in [5.41, 5.74) is 1.62. The Bertz CT molecular complexity index is 861. The summed E-state index contributed by atoms with van der Waals surface area (Å²) in [4.78, 5) is 8.74. The predicted molar refractivity (Wildman–Crippen MR) is 121 cm³/mol. The number of benzene rings is 1. The summed E-state index contributed by atoms with van der Waals surface area (Å²) >= 11 is 0. The molecule has 0 aliphatic heterocycles. The summed E-state index contributed by atoms with van der Waals surface area (Å²) in [7, 11) is 0. The lowest BCUT2D eigenvalue weighted by Crippen LogP contribution is -2.25. The van der Waals surface area contributed by atoms with E-state index in [1.165, 1.54) is 63.9 Å². The van der Waals surface area contributed by atoms with Crippen LogP contribution in [0, 0.1) is 35.3 Å². The smallest absolute Gasteiger partial charge is 0.159 e. The number of aryl methyl sites for hydroxylation is 1. The van der Waals surface area contributed by atoms with Gasteiger partial charge in [0.2, 0.25) is 0 Å². The fourth-order valence-corrected chi connectivity index (χ4v) is 5.67. The van der Waals surface area contributed by atoms with Gasteiger partial charge in [-0.15, -0.1) is 0 Å². The Hall–Kier alpha value is -2.10. The number of allylic oxidation sites excluding steroid dienone is 2. The van der Waals surface area contributed by atoms with E-state index in [1.54, 1.807) is 0 Å². The third-order valence-corrected chi connectivity index (χ3v) is 7.56. The molecule has 4 heteroatoms. The minimum atomic E-state index is -0.869. The van der Waals surface area contributed by atoms with Gasteiger partial charge >= 0.3 is 0 Å². The van der Waals surface area contributed by atoms with Crippen LogP contribution in [-0.2, 0) is 6.42 Å². The van der Waals surface area contributed by atoms with Gasteiger partial charge in [-0.1, -0.05) is 25.0 Å². The highest BCUT2D eigenvalue weighted by molar-refractivity contribution is 5.54. The van der Waals surface area contributed by atoms with Crippen molar-refractivity contribution in [3.63, 3.8) is 0 Å². The summed E-state index contributed by atoms with van der Waals surface area (Å²) in [6.45, 7) is 2.14. The van der Waals surface area contributed by atoms with Crippen LogP contribution < -0.4 is 0 Å². The number of aromatic nitrogens is 2. The van der Waals surface area contributed by atoms with Crippen LogP contribution in [0.5, 0.6) is 0 Å². The maximum atomic E-state index is 13.4. The quantitative estimate of drug-likeness (QED) is 0.448. The molecular weight excluding hydrogens is 390 g/mol. The van der Waals surface area contributed by atoms with E-state index in [1.807, 2.05) is 12.4 Å². The van der Waals surface area contributed by atoms with Crippen LogP contribution in [-0.4, -0.2) is 9.97 Å². The number of nitrogens with zero attached hydrogens (tertiary/aromatic N) is 2. The third-order valence-electron chi connectivity index (χ3n) is 7.56. The number of hydrogen-bond donors (Lipinski definition) is 0. The molecule has 0 saturated heterocycles. The van der Waals surface area contributed by atoms with Gasteiger partial charge in [-0.3, -0.25) is 0 Å². The summed E-state index contributed by atoms with van der Waals surface area (Å²) in [5.74, 6) is 2.26. The molecule has 2 nitrogen and oxygen atoms in total. The molecule has 0 N–H and O–H groups in total. The molecule has 0 atom stereocenters. The molecule has 166 valence electrons. The van der Waals surface area contributed by atoms with Gasteiger partial charge in [-0.2, -0.15) is 0 Å². The lowest BCUT2D eigenvalue weighted by Gasteiger charge is -2.37. The maximum absolute atomic E-state index is 13.4. The van der Waals surface area contributed by atoms with Gasteiger partial charge in [0, 0.05) is 18.0 Å². The average molecular weight is 425 g/mol. The first-order chi connectivity index (χ1) is 15.1. The summed E-state index contributed by atoms with van der Waals surface area (Å²) in [5, 5.41) is 0. The van der Waals surface area contributed by atoms with E-state index in [2.05, 4.69) is 29.0 Å². The van der Waals surface area contributed by atoms with Crippen molar-refractivity contribution in [2.75, 3.05) is 0 Å². The van der Waals surface area contributed by atoms with E-state index in [-0.39, 0.29) is 0 Å². The van der Waals surface area contributed by atoms with E-state index in [0.717, 1.165) is 47.8 Å². The zero-order chi connectivity index (χ0) is 21.6. The second-order valence-corrected chi connectivity index (χ2v) is 9.56. The predicted octanol–water partition coefficient (Wildman–Crippen LogP) is 7.54. The normalized spacial score (nSPS) is 26.9. The monoisotopic (exact) mass is 424 g/mol. The zero-order valence-electron chi connectivity index (χ0n) is 18.6. The number of hydrogen-bond acceptors (Lipinski definition) is 2. The minimum absolute atomic E-state index is 0.437. The van der Waals surface area contributed by atoms with Crippen molar-refractivity contribution in [1.29, 1.82) is 0 Å². The molecular formula is C27H34F2N2. The molecule has 0 unspecified atom stereocenters. The molecule has 31 heavy (non-hydrogen) atoms. The van der Waals surface area contributed by atoms with Crippen LogP contribution >= 0.6 is 0 Å². The van der Waals surface area contributed by atoms with E-state index < -0.39 is 11.6 Å². The molecule has 0 bridgehead atoms. The Morgan fingerprint density at radius 1 is 0.871 bits per heavy atom. The maximum Gasteiger partial charge on any atom is 0.159 e. The van der Waals surface area contributed by atoms with Crippen LogP contribution in [0.25, 0.3) is 11.4 Å². The Kier molecular flexibility index (Phi) is 7.47. The highest BCUT2D eigenvalue weighted by atomic mass is 19.2. The summed E-state index contributed by atoms with van der Waals surface area (Å²) < 4.78 is 26.5. The molecule has 1 aromatic carbocycles. The Balaban J connectivity index is 1.21. The van der Waals surface area contributed by atoms with Crippen molar-refractivity contribution in [2.45, 2.75) is 71.1 Å². The minimum Gasteiger partial charge on any atom is -0.236 e. The van der Waals surface area contributed by atoms with Crippen molar-refractivity contribution >= 4 is 0 Å². The third kappa shape index (κ3) is 5.78. The lowest BCUT2D eigenvalue weighted by atomic mass is 9.68. The summed E-state index contributed by atoms with van der Waals surface area (Å²) in [6.07, 6.45) is 21.6. The highest BCUT2D eigenvalue weighted by Crippen LogP contribution is 2.42. The van der Waals surface area contributed by atoms with Crippen molar-refractivity contribution < 1.29 is 8.78 Å². The molecule has 2 aromatic rings. The Labute approximate surface area is 185 Å². The van der Waals surface area contributed by atoms with Crippen LogP contribution in [0.15, 0.2) is 42.7 Å². The summed E-state index contributed by atoms with van der Waals surface area (Å²) in [6, 6.07) is 3.78. The van der Waals surface area contributed by atoms with Gasteiger partial charge in [0.15, 0.2) is 17.5 Å². The number of rotatable bonds is 6. The molecule has 0 radical (unpaired) electrons. The van der Waals surface area contributed by atoms with Gasteiger partial charge in [0.1, 0.15) is 0 Å². The zero-order valence-corrected chi connectivity index (χ0v) is 18.6. The van der Waals surface area contributed by atoms with Gasteiger partial charge in [0.25, 0.3) is 0 Å². The van der Waals surface area contributed by atoms with Crippen LogP contribution in [0.1, 0.15) is 70.3 Å². The highest BCUT2D eigenvalue weighted by Gasteiger charge is 2.30. The van der Waals surface area contributed by atoms with E-state index in [4.69, 9.17) is 0 Å². The average Bonchev–Trinajstić information content (AvgIpc) is 2.81. The van der Waals surface area contributed by atoms with Crippen molar-refractivity contribution in [2.24, 2.45) is 23.7 Å². The lowest BCUT2D eigenvalue weighted by molar-refractivity contribution is 0.152. The largest absolute Gasteiger partial charge is 0.236 e. The van der Waals surface area contributed by atoms with Gasteiger partial charge in [-0.05, 0) is 106 Å². The van der Waals surface area contributed by atoms with Crippen LogP contribution in [0.3, 0.4) is 0 Å². The van der Waals surface area contributed by atoms with E-state index >= 15 is 0 Å². The molecule has 2 saturated carbocycles. The fraction of sp³-hybridized carbons (Fsp3) is 0.556. The second kappa shape index (κ2) is 10.5. The molecule has 1 aromatic heterocycles. The van der Waals surface area contributed by atoms with Gasteiger partial charge in [-0.25, -0.2) is 18.7 Å². The second-order valence-electron chi connectivity index (χ2n) is 9.56. The van der Waals surface area contributed by atoms with E-state index in [9.17, 15) is 8.78 Å². The van der Waals surface area contributed by atoms with Crippen molar-refractivity contribution in [3.05, 3.63) is 59.9 Å². The molecule has 2 aliphatic rings. The Morgan fingerprint density at radius 2 is 1.52 bits per heavy atom. The SMILES string of the molecule is CC=CC1CCC(C2CCC(CCc3cnc(-c4ccc(F)c(F)c4)nc3)CC2)CC1. The Morgan fingerprint density at radius 3 is 2.13 bits per heavy atom. The van der Waals surface area contributed by atoms with Gasteiger partial charge in [0.05, 0.1) is 0 Å². The number of halogens is 2. The molecule has 0 spiro atoms. The van der Waals surface area contributed by atoms with Crippen LogP contribution in [0.4, 0.5) is 8.78 Å². The molecule has 4 rings (SSSR count). The topological polar surface area (TPSA) is 25.8 Å². The van der Waals surface area contributed by atoms with Crippen molar-refractivity contribution in [1.82, 2.24) is 9.97 Å². The standard InChI is InChI=1S/C27H34F2N2/c1-2-3-19-6-10-22(11-7-19)23-12-8-20(9-13-23)4-5-21-17-30-27(31-18-21)24-14-15-25(28)26(29)16-24/h2-3,14-20,22-23H,4-13H2,1H3. The fourth-order valence-electron chi connectivity index (χ4n) is 5.67. The molecule has 2 aliphatic carbocycles. The van der Waals surface area contributed by atoms with Gasteiger partial charge < -0.3 is 0 Å².